The van der Waals surface area contributed by atoms with E-state index in [0.717, 1.165) is 25.3 Å². The predicted octanol–water partition coefficient (Wildman–Crippen LogP) is 4.88. The van der Waals surface area contributed by atoms with E-state index in [4.69, 9.17) is 18.0 Å². The van der Waals surface area contributed by atoms with Crippen LogP contribution in [0.25, 0.3) is 0 Å². The first-order valence-corrected chi connectivity index (χ1v) is 11.5. The summed E-state index contributed by atoms with van der Waals surface area (Å²) in [6, 6.07) is 0.901. The zero-order valence-electron chi connectivity index (χ0n) is 16.5. The average molecular weight is 375 g/mol. The Balaban J connectivity index is 3.29. The zero-order valence-corrected chi connectivity index (χ0v) is 17.5. The Morgan fingerprint density at radius 2 is 1.16 bits per heavy atom. The molecule has 0 rings (SSSR count). The first kappa shape index (κ1) is 24.3. The molecule has 0 heterocycles. The van der Waals surface area contributed by atoms with E-state index in [-0.39, 0.29) is 5.97 Å². The van der Waals surface area contributed by atoms with Crippen LogP contribution in [0.15, 0.2) is 12.7 Å². The van der Waals surface area contributed by atoms with Gasteiger partial charge in [0.25, 0.3) is 0 Å². The zero-order chi connectivity index (χ0) is 18.8. The minimum atomic E-state index is -2.36. The van der Waals surface area contributed by atoms with Crippen molar-refractivity contribution in [3.8, 4) is 0 Å². The molecule has 0 saturated carbocycles. The van der Waals surface area contributed by atoms with Gasteiger partial charge in [-0.3, -0.25) is 0 Å². The summed E-state index contributed by atoms with van der Waals surface area (Å²) in [7, 11) is 2.66. The van der Waals surface area contributed by atoms with E-state index in [9.17, 15) is 4.79 Å². The fourth-order valence-corrected chi connectivity index (χ4v) is 4.62. The van der Waals surface area contributed by atoms with Crippen molar-refractivity contribution in [2.75, 3.05) is 27.9 Å². The summed E-state index contributed by atoms with van der Waals surface area (Å²) in [5, 5.41) is 0. The van der Waals surface area contributed by atoms with Crippen LogP contribution in [0.3, 0.4) is 0 Å². The number of rotatable bonds is 18. The highest BCUT2D eigenvalue weighted by Crippen LogP contribution is 2.18. The summed E-state index contributed by atoms with van der Waals surface area (Å²) in [4.78, 5) is 10.9. The van der Waals surface area contributed by atoms with Crippen LogP contribution < -0.4 is 0 Å². The summed E-state index contributed by atoms with van der Waals surface area (Å²) in [5.74, 6) is -0.320. The number of esters is 1. The molecule has 0 amide bonds. The van der Waals surface area contributed by atoms with E-state index >= 15 is 0 Å². The smallest absolute Gasteiger partial charge is 0.463 e. The Labute approximate surface area is 155 Å². The van der Waals surface area contributed by atoms with Gasteiger partial charge < -0.3 is 18.0 Å². The molecule has 0 N–H and O–H groups in total. The lowest BCUT2D eigenvalue weighted by Crippen LogP contribution is -2.42. The second-order valence-electron chi connectivity index (χ2n) is 6.31. The number of ether oxygens (including phenoxy) is 1. The van der Waals surface area contributed by atoms with Gasteiger partial charge >= 0.3 is 14.8 Å². The third-order valence-corrected chi connectivity index (χ3v) is 7.30. The minimum absolute atomic E-state index is 0.320. The molecule has 0 aliphatic rings. The normalized spacial score (nSPS) is 11.5. The Hall–Kier alpha value is -0.693. The van der Waals surface area contributed by atoms with Crippen molar-refractivity contribution in [1.82, 2.24) is 0 Å². The van der Waals surface area contributed by atoms with Crippen molar-refractivity contribution in [3.63, 3.8) is 0 Å². The Bertz CT molecular complexity index is 324. The van der Waals surface area contributed by atoms with Crippen LogP contribution in [0.1, 0.15) is 70.6 Å². The van der Waals surface area contributed by atoms with Crippen LogP contribution in [0.2, 0.25) is 6.04 Å². The summed E-state index contributed by atoms with van der Waals surface area (Å²) in [5.41, 5.74) is 0. The van der Waals surface area contributed by atoms with E-state index in [1.807, 2.05) is 0 Å². The summed E-state index contributed by atoms with van der Waals surface area (Å²) < 4.78 is 21.2. The van der Waals surface area contributed by atoms with E-state index in [0.29, 0.717) is 6.61 Å². The molecule has 0 aromatic carbocycles. The molecule has 0 saturated heterocycles. The third-order valence-electron chi connectivity index (χ3n) is 4.47. The van der Waals surface area contributed by atoms with Gasteiger partial charge in [0.15, 0.2) is 0 Å². The molecule has 6 heteroatoms. The predicted molar refractivity (Wildman–Crippen MR) is 104 cm³/mol. The van der Waals surface area contributed by atoms with Crippen LogP contribution in [0, 0.1) is 0 Å². The van der Waals surface area contributed by atoms with Gasteiger partial charge in [-0.1, -0.05) is 64.4 Å². The monoisotopic (exact) mass is 374 g/mol. The number of carbonyl (C=O) groups is 1. The van der Waals surface area contributed by atoms with Crippen molar-refractivity contribution >= 4 is 14.8 Å². The van der Waals surface area contributed by atoms with Crippen LogP contribution in [-0.2, 0) is 22.8 Å². The molecule has 0 aromatic heterocycles. The Morgan fingerprint density at radius 3 is 1.56 bits per heavy atom. The van der Waals surface area contributed by atoms with Gasteiger partial charge in [0.1, 0.15) is 0 Å². The van der Waals surface area contributed by atoms with Gasteiger partial charge in [-0.15, -0.1) is 0 Å². The molecule has 0 unspecified atom stereocenters. The maximum absolute atomic E-state index is 10.9. The summed E-state index contributed by atoms with van der Waals surface area (Å²) in [6.07, 6.45) is 14.6. The molecule has 0 bridgehead atoms. The fraction of sp³-hybridized carbons (Fsp3) is 0.842. The van der Waals surface area contributed by atoms with Crippen LogP contribution >= 0.6 is 0 Å². The first-order valence-electron chi connectivity index (χ1n) is 9.58. The molecule has 0 atom stereocenters. The molecular weight excluding hydrogens is 336 g/mol. The largest absolute Gasteiger partial charge is 0.500 e. The third kappa shape index (κ3) is 13.2. The molecule has 0 fully saturated rings. The summed E-state index contributed by atoms with van der Waals surface area (Å²) in [6.45, 7) is 3.89. The van der Waals surface area contributed by atoms with Crippen molar-refractivity contribution < 1.29 is 22.8 Å². The van der Waals surface area contributed by atoms with Crippen LogP contribution in [0.5, 0.6) is 0 Å². The quantitative estimate of drug-likeness (QED) is 0.148. The highest BCUT2D eigenvalue weighted by molar-refractivity contribution is 6.60. The van der Waals surface area contributed by atoms with E-state index < -0.39 is 8.80 Å². The molecular formula is C19H38O5Si. The molecule has 25 heavy (non-hydrogen) atoms. The average Bonchev–Trinajstić information content (AvgIpc) is 2.65. The van der Waals surface area contributed by atoms with Gasteiger partial charge in [0.2, 0.25) is 0 Å². The van der Waals surface area contributed by atoms with Crippen molar-refractivity contribution in [1.29, 1.82) is 0 Å². The highest BCUT2D eigenvalue weighted by Gasteiger charge is 2.36. The molecule has 0 aromatic rings. The van der Waals surface area contributed by atoms with E-state index in [2.05, 4.69) is 6.58 Å². The lowest BCUT2D eigenvalue weighted by Gasteiger charge is -2.24. The molecule has 0 aliphatic carbocycles. The SMILES string of the molecule is C=CC(=O)OCCCCCCCCCCCCC[Si](OC)(OC)OC. The molecule has 0 aliphatic heterocycles. The maximum atomic E-state index is 10.9. The topological polar surface area (TPSA) is 54.0 Å². The number of hydrogen-bond donors (Lipinski definition) is 0. The fourth-order valence-electron chi connectivity index (χ4n) is 2.82. The van der Waals surface area contributed by atoms with Gasteiger partial charge in [0, 0.05) is 33.4 Å². The van der Waals surface area contributed by atoms with Gasteiger partial charge in [-0.2, -0.15) is 0 Å². The lowest BCUT2D eigenvalue weighted by molar-refractivity contribution is -0.137. The molecule has 0 spiro atoms. The Kier molecular flexibility index (Phi) is 16.3. The molecule has 0 radical (unpaired) electrons. The van der Waals surface area contributed by atoms with Gasteiger partial charge in [0.05, 0.1) is 6.61 Å². The molecule has 5 nitrogen and oxygen atoms in total. The first-order chi connectivity index (χ1) is 12.1. The van der Waals surface area contributed by atoms with Crippen molar-refractivity contribution in [3.05, 3.63) is 12.7 Å². The van der Waals surface area contributed by atoms with Gasteiger partial charge in [-0.25, -0.2) is 4.79 Å². The van der Waals surface area contributed by atoms with Crippen molar-refractivity contribution in [2.45, 2.75) is 76.7 Å². The Morgan fingerprint density at radius 1 is 0.760 bits per heavy atom. The molecule has 148 valence electrons. The lowest BCUT2D eigenvalue weighted by atomic mass is 10.1. The van der Waals surface area contributed by atoms with E-state index in [1.54, 1.807) is 21.3 Å². The van der Waals surface area contributed by atoms with Gasteiger partial charge in [-0.05, 0) is 12.8 Å². The minimum Gasteiger partial charge on any atom is -0.463 e. The van der Waals surface area contributed by atoms with E-state index in [1.165, 1.54) is 57.4 Å². The summed E-state index contributed by atoms with van der Waals surface area (Å²) >= 11 is 0. The van der Waals surface area contributed by atoms with Crippen LogP contribution in [-0.4, -0.2) is 42.7 Å². The standard InChI is InChI=1S/C19H38O5Si/c1-5-19(20)24-17-15-13-11-9-7-6-8-10-12-14-16-18-25(21-2,22-3)23-4/h5H,1,6-18H2,2-4H3. The highest BCUT2D eigenvalue weighted by atomic mass is 28.4. The number of hydrogen-bond acceptors (Lipinski definition) is 5. The second-order valence-corrected chi connectivity index (χ2v) is 9.40. The maximum Gasteiger partial charge on any atom is 0.500 e. The number of carbonyl (C=O) groups excluding carboxylic acids is 1. The van der Waals surface area contributed by atoms with Crippen molar-refractivity contribution in [2.24, 2.45) is 0 Å². The number of unbranched alkanes of at least 4 members (excludes halogenated alkanes) is 10. The second kappa shape index (κ2) is 16.8. The van der Waals surface area contributed by atoms with Crippen LogP contribution in [0.4, 0.5) is 0 Å².